The predicted molar refractivity (Wildman–Crippen MR) is 69.3 cm³/mol. The molecule has 0 heterocycles. The second-order valence-corrected chi connectivity index (χ2v) is 5.29. The summed E-state index contributed by atoms with van der Waals surface area (Å²) in [7, 11) is 0. The third-order valence-electron chi connectivity index (χ3n) is 2.33. The van der Waals surface area contributed by atoms with Crippen molar-refractivity contribution in [3.63, 3.8) is 0 Å². The molecule has 0 aliphatic carbocycles. The van der Waals surface area contributed by atoms with Gasteiger partial charge in [-0.3, -0.25) is 9.59 Å². The Morgan fingerprint density at radius 1 is 1.47 bits per heavy atom. The van der Waals surface area contributed by atoms with Crippen molar-refractivity contribution in [1.29, 1.82) is 0 Å². The van der Waals surface area contributed by atoms with Crippen molar-refractivity contribution >= 4 is 27.8 Å². The topological polar surface area (TPSA) is 86.6 Å². The molecule has 0 bridgehead atoms. The van der Waals surface area contributed by atoms with E-state index in [0.717, 1.165) is 6.07 Å². The summed E-state index contributed by atoms with van der Waals surface area (Å²) in [6, 6.07) is 3.89. The van der Waals surface area contributed by atoms with E-state index in [1.54, 1.807) is 0 Å². The molecule has 1 aromatic rings. The van der Waals surface area contributed by atoms with Crippen molar-refractivity contribution in [2.45, 2.75) is 18.9 Å². The lowest BCUT2D eigenvalue weighted by Gasteiger charge is -2.21. The number of amides is 1. The van der Waals surface area contributed by atoms with Crippen LogP contribution in [-0.2, 0) is 4.79 Å². The van der Waals surface area contributed by atoms with E-state index < -0.39 is 29.7 Å². The molecule has 0 aliphatic heterocycles. The van der Waals surface area contributed by atoms with Gasteiger partial charge < -0.3 is 15.5 Å². The van der Waals surface area contributed by atoms with Crippen LogP contribution in [0, 0.1) is 5.82 Å². The zero-order chi connectivity index (χ0) is 14.6. The normalized spacial score (nSPS) is 13.7. The van der Waals surface area contributed by atoms with Gasteiger partial charge >= 0.3 is 5.97 Å². The molecule has 1 atom stereocenters. The third-order valence-corrected chi connectivity index (χ3v) is 2.83. The minimum Gasteiger partial charge on any atom is -0.481 e. The maximum absolute atomic E-state index is 13.4. The Hall–Kier alpha value is -1.47. The van der Waals surface area contributed by atoms with Gasteiger partial charge in [-0.1, -0.05) is 15.9 Å². The van der Waals surface area contributed by atoms with E-state index in [4.69, 9.17) is 5.11 Å². The lowest BCUT2D eigenvalue weighted by molar-refractivity contribution is -0.141. The Morgan fingerprint density at radius 3 is 2.68 bits per heavy atom. The average Bonchev–Trinajstić information content (AvgIpc) is 2.27. The molecule has 0 saturated carbocycles. The fourth-order valence-corrected chi connectivity index (χ4v) is 1.79. The van der Waals surface area contributed by atoms with Crippen LogP contribution < -0.4 is 5.32 Å². The highest BCUT2D eigenvalue weighted by Gasteiger charge is 2.25. The molecule has 104 valence electrons. The number of aliphatic carboxylic acids is 1. The van der Waals surface area contributed by atoms with Gasteiger partial charge in [0.2, 0.25) is 0 Å². The highest BCUT2D eigenvalue weighted by molar-refractivity contribution is 9.10. The maximum atomic E-state index is 13.4. The lowest BCUT2D eigenvalue weighted by atomic mass is 10.0. The predicted octanol–water partition coefficient (Wildman–Crippen LogP) is 1.54. The van der Waals surface area contributed by atoms with E-state index in [2.05, 4.69) is 21.2 Å². The summed E-state index contributed by atoms with van der Waals surface area (Å²) in [4.78, 5) is 22.2. The van der Waals surface area contributed by atoms with E-state index in [-0.39, 0.29) is 12.1 Å². The third kappa shape index (κ3) is 4.96. The largest absolute Gasteiger partial charge is 0.481 e. The number of hydrogen-bond donors (Lipinski definition) is 3. The van der Waals surface area contributed by atoms with Crippen LogP contribution in [0.15, 0.2) is 22.7 Å². The van der Waals surface area contributed by atoms with E-state index in [0.29, 0.717) is 4.47 Å². The van der Waals surface area contributed by atoms with Crippen LogP contribution in [-0.4, -0.2) is 34.2 Å². The first-order valence-electron chi connectivity index (χ1n) is 5.39. The Morgan fingerprint density at radius 2 is 2.11 bits per heavy atom. The lowest BCUT2D eigenvalue weighted by Crippen LogP contribution is -2.42. The van der Waals surface area contributed by atoms with Crippen molar-refractivity contribution < 1.29 is 24.2 Å². The maximum Gasteiger partial charge on any atom is 0.306 e. The van der Waals surface area contributed by atoms with Crippen LogP contribution in [0.25, 0.3) is 0 Å². The van der Waals surface area contributed by atoms with Crippen LogP contribution in [0.3, 0.4) is 0 Å². The molecule has 0 saturated heterocycles. The first-order valence-corrected chi connectivity index (χ1v) is 6.18. The van der Waals surface area contributed by atoms with Crippen molar-refractivity contribution in [3.8, 4) is 0 Å². The summed E-state index contributed by atoms with van der Waals surface area (Å²) in [5.74, 6) is -2.60. The standard InChI is InChI=1S/C12H13BrFNO4/c1-12(19,5-10(16)17)6-15-11(18)8-4-7(13)2-3-9(8)14/h2-4,19H,5-6H2,1H3,(H,15,18)(H,16,17). The fourth-order valence-electron chi connectivity index (χ4n) is 1.43. The SMILES string of the molecule is CC(O)(CNC(=O)c1cc(Br)ccc1F)CC(=O)O. The van der Waals surface area contributed by atoms with Crippen molar-refractivity contribution in [2.75, 3.05) is 6.54 Å². The summed E-state index contributed by atoms with van der Waals surface area (Å²) in [5.41, 5.74) is -1.77. The average molecular weight is 334 g/mol. The van der Waals surface area contributed by atoms with Crippen molar-refractivity contribution in [3.05, 3.63) is 34.1 Å². The first kappa shape index (κ1) is 15.6. The summed E-state index contributed by atoms with van der Waals surface area (Å²) >= 11 is 3.11. The second-order valence-electron chi connectivity index (χ2n) is 4.37. The molecule has 0 radical (unpaired) electrons. The minimum absolute atomic E-state index is 0.180. The Balaban J connectivity index is 2.70. The number of hydrogen-bond acceptors (Lipinski definition) is 3. The molecule has 7 heteroatoms. The molecule has 1 aromatic carbocycles. The Labute approximate surface area is 117 Å². The van der Waals surface area contributed by atoms with Crippen LogP contribution in [0.1, 0.15) is 23.7 Å². The second kappa shape index (κ2) is 6.12. The molecule has 3 N–H and O–H groups in total. The number of aliphatic hydroxyl groups is 1. The van der Waals surface area contributed by atoms with Crippen LogP contribution in [0.4, 0.5) is 4.39 Å². The number of benzene rings is 1. The first-order chi connectivity index (χ1) is 8.71. The molecule has 0 fully saturated rings. The summed E-state index contributed by atoms with van der Waals surface area (Å²) in [6.45, 7) is 0.989. The number of carboxylic acid groups (broad SMARTS) is 1. The number of carbonyl (C=O) groups excluding carboxylic acids is 1. The van der Waals surface area contributed by atoms with Crippen molar-refractivity contribution in [1.82, 2.24) is 5.32 Å². The number of carboxylic acids is 1. The summed E-state index contributed by atoms with van der Waals surface area (Å²) in [5, 5.41) is 20.6. The number of rotatable bonds is 5. The van der Waals surface area contributed by atoms with Crippen molar-refractivity contribution in [2.24, 2.45) is 0 Å². The van der Waals surface area contributed by atoms with E-state index in [9.17, 15) is 19.1 Å². The monoisotopic (exact) mass is 333 g/mol. The van der Waals surface area contributed by atoms with Gasteiger partial charge in [0.05, 0.1) is 17.6 Å². The summed E-state index contributed by atoms with van der Waals surface area (Å²) < 4.78 is 14.0. The van der Waals surface area contributed by atoms with Gasteiger partial charge in [-0.15, -0.1) is 0 Å². The van der Waals surface area contributed by atoms with Gasteiger partial charge in [-0.25, -0.2) is 4.39 Å². The zero-order valence-electron chi connectivity index (χ0n) is 10.1. The molecule has 1 unspecified atom stereocenters. The highest BCUT2D eigenvalue weighted by Crippen LogP contribution is 2.16. The number of nitrogens with one attached hydrogen (secondary N) is 1. The minimum atomic E-state index is -1.59. The molecule has 1 rings (SSSR count). The van der Waals surface area contributed by atoms with Gasteiger partial charge in [0.25, 0.3) is 5.91 Å². The number of halogens is 2. The van der Waals surface area contributed by atoms with Crippen LogP contribution in [0.2, 0.25) is 0 Å². The molecule has 5 nitrogen and oxygen atoms in total. The highest BCUT2D eigenvalue weighted by atomic mass is 79.9. The molecular formula is C12H13BrFNO4. The molecular weight excluding hydrogens is 321 g/mol. The van der Waals surface area contributed by atoms with Gasteiger partial charge in [-0.2, -0.15) is 0 Å². The molecule has 1 amide bonds. The van der Waals surface area contributed by atoms with Gasteiger partial charge in [0.15, 0.2) is 0 Å². The van der Waals surface area contributed by atoms with E-state index >= 15 is 0 Å². The molecule has 19 heavy (non-hydrogen) atoms. The summed E-state index contributed by atoms with van der Waals surface area (Å²) in [6.07, 6.45) is -0.520. The molecule has 0 spiro atoms. The van der Waals surface area contributed by atoms with Gasteiger partial charge in [0.1, 0.15) is 5.82 Å². The number of carbonyl (C=O) groups is 2. The zero-order valence-corrected chi connectivity index (χ0v) is 11.7. The van der Waals surface area contributed by atoms with Crippen LogP contribution in [0.5, 0.6) is 0 Å². The Bertz CT molecular complexity index is 505. The smallest absolute Gasteiger partial charge is 0.306 e. The van der Waals surface area contributed by atoms with E-state index in [1.165, 1.54) is 19.1 Å². The van der Waals surface area contributed by atoms with Crippen LogP contribution >= 0.6 is 15.9 Å². The Kier molecular flexibility index (Phi) is 5.02. The van der Waals surface area contributed by atoms with Gasteiger partial charge in [-0.05, 0) is 25.1 Å². The fraction of sp³-hybridized carbons (Fsp3) is 0.333. The molecule has 0 aromatic heterocycles. The quantitative estimate of drug-likeness (QED) is 0.762. The van der Waals surface area contributed by atoms with E-state index in [1.807, 2.05) is 0 Å². The van der Waals surface area contributed by atoms with Gasteiger partial charge in [0, 0.05) is 11.0 Å². The molecule has 0 aliphatic rings.